The van der Waals surface area contributed by atoms with E-state index < -0.39 is 170 Å². The number of rotatable bonds is 28. The van der Waals surface area contributed by atoms with Crippen molar-refractivity contribution in [2.24, 2.45) is 5.73 Å². The number of hydrogen-bond acceptors (Lipinski definition) is 17. The lowest BCUT2D eigenvalue weighted by Crippen LogP contribution is -2.50. The van der Waals surface area contributed by atoms with Gasteiger partial charge in [-0.2, -0.15) is 0 Å². The van der Waals surface area contributed by atoms with Crippen molar-refractivity contribution < 1.29 is 43.2 Å². The molecule has 0 spiro atoms. The monoisotopic (exact) mass is 1120 g/mol. The zero-order valence-electron chi connectivity index (χ0n) is 44.2. The average molecular weight is 1120 g/mol. The Labute approximate surface area is 449 Å². The van der Waals surface area contributed by atoms with E-state index in [1.807, 2.05) is 9.97 Å². The number of H-pyrrole nitrogens is 4. The fourth-order valence-electron chi connectivity index (χ4n) is 7.33. The van der Waals surface area contributed by atoms with Crippen LogP contribution in [0.5, 0.6) is 0 Å². The Morgan fingerprint density at radius 3 is 0.850 bits per heavy atom. The number of carbonyl (C=O) groups excluding carboxylic acids is 9. The quantitative estimate of drug-likeness (QED) is 0.0255. The van der Waals surface area contributed by atoms with E-state index in [-0.39, 0.29) is 55.0 Å². The summed E-state index contributed by atoms with van der Waals surface area (Å²) in [6, 6.07) is 0. The number of nitrogens with zero attached hydrogens (tertiary/aromatic N) is 8. The molecule has 0 bridgehead atoms. The van der Waals surface area contributed by atoms with Crippen molar-refractivity contribution >= 4 is 53.2 Å². The molecule has 34 heteroatoms. The standard InChI is InChI=1S/C46H61N17O17/c1-26-14-60(43(77)52-39(26)73)22-35(69)56(18-31(47)65)11-7-49-33(67)20-58(37(71)24-62-16-28(3)41(75)54-45(62)79)13-9-51-34(68)21-59(38(72)25-63-17-29(4)42(76)55-46(63)80)12-8-50-32(66)19-57(10-6-48-30(5)64)36(70)23-61-15-27(2)40(74)53-44(61)78/h14-17H,6-13,18-25H2,1-5H3,(H2,47,65)(H,48,64)(H,49,67)(H,50,66)(H,51,68)(H,52,73,77)(H,53,74,78)(H,54,75,79)(H,55,76,80). The topological polar surface area (TPSA) is 460 Å². The highest BCUT2D eigenvalue weighted by molar-refractivity contribution is 5.87. The second-order valence-electron chi connectivity index (χ2n) is 18.1. The van der Waals surface area contributed by atoms with E-state index in [1.54, 1.807) is 0 Å². The second kappa shape index (κ2) is 28.9. The minimum atomic E-state index is -0.964. The number of carbonyl (C=O) groups is 9. The second-order valence-corrected chi connectivity index (χ2v) is 18.1. The van der Waals surface area contributed by atoms with E-state index in [2.05, 4.69) is 31.2 Å². The summed E-state index contributed by atoms with van der Waals surface area (Å²) >= 11 is 0. The smallest absolute Gasteiger partial charge is 0.328 e. The van der Waals surface area contributed by atoms with Crippen LogP contribution in [-0.2, 0) is 69.3 Å². The highest BCUT2D eigenvalue weighted by atomic mass is 16.2. The van der Waals surface area contributed by atoms with Crippen LogP contribution in [0.3, 0.4) is 0 Å². The molecule has 10 N–H and O–H groups in total. The van der Waals surface area contributed by atoms with Gasteiger partial charge in [-0.15, -0.1) is 0 Å². The van der Waals surface area contributed by atoms with Crippen LogP contribution in [0.2, 0.25) is 0 Å². The highest BCUT2D eigenvalue weighted by Gasteiger charge is 2.24. The molecule has 0 aromatic carbocycles. The first kappa shape index (κ1) is 62.5. The number of hydrogen-bond donors (Lipinski definition) is 9. The predicted octanol–water partition coefficient (Wildman–Crippen LogP) is -9.29. The molecule has 0 radical (unpaired) electrons. The molecule has 0 saturated carbocycles. The zero-order chi connectivity index (χ0) is 59.5. The Morgan fingerprint density at radius 2 is 0.625 bits per heavy atom. The minimum Gasteiger partial charge on any atom is -0.368 e. The van der Waals surface area contributed by atoms with Crippen molar-refractivity contribution in [3.63, 3.8) is 0 Å². The molecule has 34 nitrogen and oxygen atoms in total. The lowest BCUT2D eigenvalue weighted by molar-refractivity contribution is -0.138. The lowest BCUT2D eigenvalue weighted by Gasteiger charge is -2.26. The summed E-state index contributed by atoms with van der Waals surface area (Å²) in [5.41, 5.74) is -0.819. The maximum Gasteiger partial charge on any atom is 0.328 e. The molecule has 0 fully saturated rings. The van der Waals surface area contributed by atoms with Gasteiger partial charge in [0.15, 0.2) is 0 Å². The molecule has 0 aliphatic carbocycles. The van der Waals surface area contributed by atoms with Crippen molar-refractivity contribution in [2.75, 3.05) is 78.5 Å². The summed E-state index contributed by atoms with van der Waals surface area (Å²) in [4.78, 5) is 227. The van der Waals surface area contributed by atoms with Crippen LogP contribution in [0.4, 0.5) is 0 Å². The first-order valence-electron chi connectivity index (χ1n) is 24.3. The van der Waals surface area contributed by atoms with Gasteiger partial charge in [0.1, 0.15) is 26.2 Å². The van der Waals surface area contributed by atoms with E-state index in [9.17, 15) is 81.5 Å². The maximum atomic E-state index is 13.8. The number of aromatic nitrogens is 8. The summed E-state index contributed by atoms with van der Waals surface area (Å²) in [5.74, 6) is -7.21. The van der Waals surface area contributed by atoms with Crippen LogP contribution in [0.1, 0.15) is 29.2 Å². The van der Waals surface area contributed by atoms with Crippen LogP contribution in [0.25, 0.3) is 0 Å². The summed E-state index contributed by atoms with van der Waals surface area (Å²) in [6.45, 7) is -1.22. The van der Waals surface area contributed by atoms with E-state index >= 15 is 0 Å². The number of aromatic amines is 4. The van der Waals surface area contributed by atoms with E-state index in [1.165, 1.54) is 34.6 Å². The van der Waals surface area contributed by atoms with Crippen LogP contribution in [0, 0.1) is 27.7 Å². The fraction of sp³-hybridized carbons (Fsp3) is 0.457. The summed E-state index contributed by atoms with van der Waals surface area (Å²) in [5, 5.41) is 9.97. The van der Waals surface area contributed by atoms with Crippen LogP contribution in [0.15, 0.2) is 63.1 Å². The Morgan fingerprint density at radius 1 is 0.400 bits per heavy atom. The Hall–Kier alpha value is -10.1. The predicted molar refractivity (Wildman–Crippen MR) is 277 cm³/mol. The molecule has 0 atom stereocenters. The van der Waals surface area contributed by atoms with Crippen LogP contribution >= 0.6 is 0 Å². The van der Waals surface area contributed by atoms with E-state index in [0.29, 0.717) is 0 Å². The Balaban J connectivity index is 1.48. The molecule has 0 aliphatic rings. The molecule has 9 amide bonds. The third kappa shape index (κ3) is 19.2. The van der Waals surface area contributed by atoms with Gasteiger partial charge in [-0.25, -0.2) is 19.2 Å². The fourth-order valence-corrected chi connectivity index (χ4v) is 7.33. The van der Waals surface area contributed by atoms with Crippen molar-refractivity contribution in [3.8, 4) is 0 Å². The van der Waals surface area contributed by atoms with Gasteiger partial charge in [0.05, 0.1) is 26.2 Å². The molecule has 4 heterocycles. The molecule has 0 unspecified atom stereocenters. The van der Waals surface area contributed by atoms with Crippen molar-refractivity contribution in [1.29, 1.82) is 0 Å². The first-order chi connectivity index (χ1) is 37.6. The van der Waals surface area contributed by atoms with E-state index in [4.69, 9.17) is 5.73 Å². The molecule has 0 aliphatic heterocycles. The average Bonchev–Trinajstić information content (AvgIpc) is 3.36. The highest BCUT2D eigenvalue weighted by Crippen LogP contribution is 2.00. The van der Waals surface area contributed by atoms with Gasteiger partial charge in [-0.1, -0.05) is 0 Å². The zero-order valence-corrected chi connectivity index (χ0v) is 44.2. The minimum absolute atomic E-state index is 0.0629. The van der Waals surface area contributed by atoms with Gasteiger partial charge in [-0.3, -0.25) is 101 Å². The molecular formula is C46H61N17O17. The molecule has 4 aromatic heterocycles. The summed E-state index contributed by atoms with van der Waals surface area (Å²) < 4.78 is 3.54. The van der Waals surface area contributed by atoms with Gasteiger partial charge in [-0.05, 0) is 27.7 Å². The Bertz CT molecular complexity index is 3530. The summed E-state index contributed by atoms with van der Waals surface area (Å²) in [6.07, 6.45) is 4.50. The number of amides is 9. The number of aryl methyl sites for hydroxylation is 4. The van der Waals surface area contributed by atoms with E-state index in [0.717, 1.165) is 62.7 Å². The molecule has 4 rings (SSSR count). The maximum absolute atomic E-state index is 13.8. The van der Waals surface area contributed by atoms with Crippen molar-refractivity contribution in [2.45, 2.75) is 60.8 Å². The van der Waals surface area contributed by atoms with Gasteiger partial charge in [0.2, 0.25) is 53.2 Å². The number of primary amides is 1. The number of nitrogens with two attached hydrogens (primary N) is 1. The Kier molecular flexibility index (Phi) is 22.6. The van der Waals surface area contributed by atoms with Gasteiger partial charge >= 0.3 is 22.8 Å². The van der Waals surface area contributed by atoms with Crippen LogP contribution < -0.4 is 72.0 Å². The molecule has 432 valence electrons. The first-order valence-corrected chi connectivity index (χ1v) is 24.3. The van der Waals surface area contributed by atoms with Gasteiger partial charge < -0.3 is 46.6 Å². The van der Waals surface area contributed by atoms with Crippen LogP contribution in [-0.4, -0.2) is 190 Å². The third-order valence-corrected chi connectivity index (χ3v) is 11.6. The van der Waals surface area contributed by atoms with Crippen molar-refractivity contribution in [3.05, 3.63) is 130 Å². The summed E-state index contributed by atoms with van der Waals surface area (Å²) in [7, 11) is 0. The van der Waals surface area contributed by atoms with Gasteiger partial charge in [0, 0.05) is 106 Å². The third-order valence-electron chi connectivity index (χ3n) is 11.6. The SMILES string of the molecule is CC(=O)NCCN(CC(=O)NCCN(CC(=O)NCCN(CC(=O)NCCN(CC(N)=O)C(=O)Cn1cc(C)c(=O)[nH]c1=O)C(=O)Cn1cc(C)c(=O)[nH]c1=O)C(=O)Cn1cc(C)c(=O)[nH]c1=O)C(=O)Cn1cc(C)c(=O)[nH]c1=O. The molecular weight excluding hydrogens is 1060 g/mol. The molecule has 0 saturated heterocycles. The largest absolute Gasteiger partial charge is 0.368 e. The lowest BCUT2D eigenvalue weighted by atomic mass is 10.3. The normalized spacial score (nSPS) is 10.8. The van der Waals surface area contributed by atoms with Crippen molar-refractivity contribution in [1.82, 2.24) is 79.1 Å². The van der Waals surface area contributed by atoms with Gasteiger partial charge in [0.25, 0.3) is 22.2 Å². The number of nitrogens with one attached hydrogen (secondary N) is 8. The molecule has 80 heavy (non-hydrogen) atoms. The molecule has 4 aromatic rings.